The smallest absolute Gasteiger partial charge is 0.217 e. The first-order valence-electron chi connectivity index (χ1n) is 7.20. The third-order valence-electron chi connectivity index (χ3n) is 3.83. The van der Waals surface area contributed by atoms with Crippen molar-refractivity contribution in [1.82, 2.24) is 15.2 Å². The van der Waals surface area contributed by atoms with Gasteiger partial charge in [-0.15, -0.1) is 0 Å². The Balaban J connectivity index is 2.03. The lowest BCUT2D eigenvalue weighted by atomic mass is 10.1. The predicted octanol–water partition coefficient (Wildman–Crippen LogP) is 2.05. The fraction of sp³-hybridized carbons (Fsp3) is 0.667. The maximum atomic E-state index is 5.34. The third kappa shape index (κ3) is 3.67. The normalized spacial score (nSPS) is 24.4. The van der Waals surface area contributed by atoms with E-state index in [9.17, 15) is 0 Å². The largest absolute Gasteiger partial charge is 0.481 e. The lowest BCUT2D eigenvalue weighted by Crippen LogP contribution is -2.54. The Kier molecular flexibility index (Phi) is 5.16. The minimum absolute atomic E-state index is 0.554. The first-order valence-corrected chi connectivity index (χ1v) is 7.20. The van der Waals surface area contributed by atoms with Crippen LogP contribution in [-0.2, 0) is 6.54 Å². The van der Waals surface area contributed by atoms with Crippen LogP contribution in [0, 0.1) is 0 Å². The van der Waals surface area contributed by atoms with Crippen molar-refractivity contribution in [3.05, 3.63) is 23.9 Å². The van der Waals surface area contributed by atoms with Crippen LogP contribution < -0.4 is 10.1 Å². The maximum absolute atomic E-state index is 5.34. The number of pyridine rings is 1. The lowest BCUT2D eigenvalue weighted by Gasteiger charge is -2.39. The third-order valence-corrected chi connectivity index (χ3v) is 3.83. The highest BCUT2D eigenvalue weighted by Crippen LogP contribution is 2.19. The highest BCUT2D eigenvalue weighted by atomic mass is 16.5. The number of nitrogens with one attached hydrogen (secondary N) is 1. The minimum atomic E-state index is 0.554. The van der Waals surface area contributed by atoms with Gasteiger partial charge in [0.15, 0.2) is 0 Å². The summed E-state index contributed by atoms with van der Waals surface area (Å²) in [7, 11) is 1.69. The molecule has 4 nitrogen and oxygen atoms in total. The fourth-order valence-electron chi connectivity index (χ4n) is 2.70. The van der Waals surface area contributed by atoms with Gasteiger partial charge in [-0.1, -0.05) is 19.4 Å². The van der Waals surface area contributed by atoms with Gasteiger partial charge < -0.3 is 10.1 Å². The van der Waals surface area contributed by atoms with Gasteiger partial charge in [-0.2, -0.15) is 0 Å². The van der Waals surface area contributed by atoms with Crippen LogP contribution in [0.4, 0.5) is 0 Å². The molecule has 2 heterocycles. The molecule has 1 fully saturated rings. The molecule has 1 aromatic rings. The molecule has 0 radical (unpaired) electrons. The topological polar surface area (TPSA) is 37.4 Å². The minimum Gasteiger partial charge on any atom is -0.481 e. The summed E-state index contributed by atoms with van der Waals surface area (Å²) in [6.07, 6.45) is 4.26. The molecule has 2 unspecified atom stereocenters. The zero-order valence-electron chi connectivity index (χ0n) is 12.2. The number of aromatic nitrogens is 1. The van der Waals surface area contributed by atoms with E-state index in [-0.39, 0.29) is 0 Å². The standard InChI is InChI=1S/C15H25N3O/c1-4-6-14-11-18(12(2)9-17-14)10-13-7-5-8-16-15(13)19-3/h5,7-8,12,14,17H,4,6,9-11H2,1-3H3. The summed E-state index contributed by atoms with van der Waals surface area (Å²) in [6, 6.07) is 5.26. The van der Waals surface area contributed by atoms with Crippen molar-refractivity contribution in [2.75, 3.05) is 20.2 Å². The molecule has 0 bridgehead atoms. The molecule has 1 aliphatic rings. The summed E-state index contributed by atoms with van der Waals surface area (Å²) >= 11 is 0. The van der Waals surface area contributed by atoms with Crippen LogP contribution in [0.15, 0.2) is 18.3 Å². The van der Waals surface area contributed by atoms with E-state index in [4.69, 9.17) is 4.74 Å². The van der Waals surface area contributed by atoms with Crippen molar-refractivity contribution in [2.45, 2.75) is 45.3 Å². The van der Waals surface area contributed by atoms with Gasteiger partial charge in [-0.05, 0) is 19.4 Å². The van der Waals surface area contributed by atoms with E-state index >= 15 is 0 Å². The highest BCUT2D eigenvalue weighted by molar-refractivity contribution is 5.25. The molecule has 0 saturated carbocycles. The number of piperazine rings is 1. The maximum Gasteiger partial charge on any atom is 0.217 e. The molecule has 0 aromatic carbocycles. The van der Waals surface area contributed by atoms with Crippen LogP contribution >= 0.6 is 0 Å². The molecule has 1 aliphatic heterocycles. The molecular formula is C15H25N3O. The summed E-state index contributed by atoms with van der Waals surface area (Å²) in [5.74, 6) is 0.750. The second-order valence-corrected chi connectivity index (χ2v) is 5.34. The number of hydrogen-bond donors (Lipinski definition) is 1. The Morgan fingerprint density at radius 1 is 1.53 bits per heavy atom. The van der Waals surface area contributed by atoms with Gasteiger partial charge in [0.1, 0.15) is 0 Å². The van der Waals surface area contributed by atoms with Crippen molar-refractivity contribution in [3.63, 3.8) is 0 Å². The molecule has 0 spiro atoms. The number of hydrogen-bond acceptors (Lipinski definition) is 4. The number of rotatable bonds is 5. The predicted molar refractivity (Wildman–Crippen MR) is 77.4 cm³/mol. The van der Waals surface area contributed by atoms with E-state index in [1.165, 1.54) is 18.4 Å². The van der Waals surface area contributed by atoms with Gasteiger partial charge in [0.05, 0.1) is 7.11 Å². The van der Waals surface area contributed by atoms with Gasteiger partial charge in [0, 0.05) is 43.5 Å². The Morgan fingerprint density at radius 3 is 3.11 bits per heavy atom. The molecule has 1 aromatic heterocycles. The zero-order valence-corrected chi connectivity index (χ0v) is 12.2. The van der Waals surface area contributed by atoms with Crippen LogP contribution in [0.25, 0.3) is 0 Å². The Bertz CT molecular complexity index is 397. The van der Waals surface area contributed by atoms with Crippen molar-refractivity contribution in [1.29, 1.82) is 0 Å². The Hall–Kier alpha value is -1.13. The molecule has 1 saturated heterocycles. The van der Waals surface area contributed by atoms with Crippen molar-refractivity contribution in [3.8, 4) is 5.88 Å². The van der Waals surface area contributed by atoms with Crippen LogP contribution in [0.1, 0.15) is 32.3 Å². The van der Waals surface area contributed by atoms with Crippen LogP contribution in [-0.4, -0.2) is 42.2 Å². The molecule has 4 heteroatoms. The first-order chi connectivity index (χ1) is 9.24. The zero-order chi connectivity index (χ0) is 13.7. The van der Waals surface area contributed by atoms with Gasteiger partial charge in [0.25, 0.3) is 0 Å². The molecule has 0 aliphatic carbocycles. The summed E-state index contributed by atoms with van der Waals surface area (Å²) in [4.78, 5) is 6.80. The van der Waals surface area contributed by atoms with E-state index < -0.39 is 0 Å². The summed E-state index contributed by atoms with van der Waals surface area (Å²) in [5, 5.41) is 3.63. The lowest BCUT2D eigenvalue weighted by molar-refractivity contribution is 0.128. The summed E-state index contributed by atoms with van der Waals surface area (Å²) in [5.41, 5.74) is 1.17. The van der Waals surface area contributed by atoms with Gasteiger partial charge in [0.2, 0.25) is 5.88 Å². The quantitative estimate of drug-likeness (QED) is 0.882. The van der Waals surface area contributed by atoms with Crippen molar-refractivity contribution < 1.29 is 4.74 Å². The number of nitrogens with zero attached hydrogens (tertiary/aromatic N) is 2. The van der Waals surface area contributed by atoms with Crippen LogP contribution in [0.2, 0.25) is 0 Å². The van der Waals surface area contributed by atoms with E-state index in [0.29, 0.717) is 12.1 Å². The Labute approximate surface area is 116 Å². The van der Waals surface area contributed by atoms with Crippen LogP contribution in [0.5, 0.6) is 5.88 Å². The molecule has 19 heavy (non-hydrogen) atoms. The Morgan fingerprint density at radius 2 is 2.37 bits per heavy atom. The second-order valence-electron chi connectivity index (χ2n) is 5.34. The fourth-order valence-corrected chi connectivity index (χ4v) is 2.70. The summed E-state index contributed by atoms with van der Waals surface area (Å²) < 4.78 is 5.34. The first kappa shape index (κ1) is 14.3. The van der Waals surface area contributed by atoms with Gasteiger partial charge >= 0.3 is 0 Å². The van der Waals surface area contributed by atoms with E-state index in [0.717, 1.165) is 25.5 Å². The summed E-state index contributed by atoms with van der Waals surface area (Å²) in [6.45, 7) is 7.60. The monoisotopic (exact) mass is 263 g/mol. The number of methoxy groups -OCH3 is 1. The highest BCUT2D eigenvalue weighted by Gasteiger charge is 2.25. The molecule has 2 atom stereocenters. The molecule has 1 N–H and O–H groups in total. The average Bonchev–Trinajstić information content (AvgIpc) is 2.43. The van der Waals surface area contributed by atoms with Crippen molar-refractivity contribution >= 4 is 0 Å². The SMILES string of the molecule is CCCC1CN(Cc2cccnc2OC)C(C)CN1. The van der Waals surface area contributed by atoms with E-state index in [2.05, 4.69) is 35.1 Å². The second kappa shape index (κ2) is 6.87. The van der Waals surface area contributed by atoms with Gasteiger partial charge in [-0.3, -0.25) is 4.90 Å². The van der Waals surface area contributed by atoms with Gasteiger partial charge in [-0.25, -0.2) is 4.98 Å². The van der Waals surface area contributed by atoms with Crippen LogP contribution in [0.3, 0.4) is 0 Å². The van der Waals surface area contributed by atoms with Crippen molar-refractivity contribution in [2.24, 2.45) is 0 Å². The van der Waals surface area contributed by atoms with E-state index in [1.807, 2.05) is 6.07 Å². The average molecular weight is 263 g/mol. The molecular weight excluding hydrogens is 238 g/mol. The molecule has 106 valence electrons. The van der Waals surface area contributed by atoms with E-state index in [1.54, 1.807) is 13.3 Å². The number of ether oxygens (including phenoxy) is 1. The molecule has 2 rings (SSSR count). The molecule has 0 amide bonds.